The molecule has 0 aromatic rings. The number of amides is 1. The molecular formula is C17H31IN4O3S. The molecule has 0 aromatic heterocycles. The second-order valence-corrected chi connectivity index (χ2v) is 10.4. The van der Waals surface area contributed by atoms with E-state index in [4.69, 9.17) is 4.99 Å². The summed E-state index contributed by atoms with van der Waals surface area (Å²) >= 11 is 0. The first-order valence-corrected chi connectivity index (χ1v) is 11.3. The summed E-state index contributed by atoms with van der Waals surface area (Å²) in [7, 11) is -2.98. The first-order chi connectivity index (χ1) is 11.7. The first-order valence-electron chi connectivity index (χ1n) is 9.23. The molecule has 2 heterocycles. The zero-order chi connectivity index (χ0) is 18.1. The summed E-state index contributed by atoms with van der Waals surface area (Å²) in [5, 5.41) is 6.33. The highest BCUT2D eigenvalue weighted by Gasteiger charge is 2.46. The third-order valence-electron chi connectivity index (χ3n) is 5.58. The predicted octanol–water partition coefficient (Wildman–Crippen LogP) is 0.997. The first kappa shape index (κ1) is 21.7. The Morgan fingerprint density at radius 1 is 1.35 bits per heavy atom. The van der Waals surface area contributed by atoms with E-state index in [9.17, 15) is 13.2 Å². The lowest BCUT2D eigenvalue weighted by molar-refractivity contribution is -0.119. The molecule has 0 aromatic carbocycles. The Labute approximate surface area is 173 Å². The van der Waals surface area contributed by atoms with Gasteiger partial charge in [0.15, 0.2) is 5.96 Å². The molecule has 3 rings (SSSR count). The molecule has 1 spiro atoms. The van der Waals surface area contributed by atoms with Gasteiger partial charge in [-0.15, -0.1) is 24.0 Å². The summed E-state index contributed by atoms with van der Waals surface area (Å²) in [6.45, 7) is 5.89. The minimum atomic E-state index is -2.98. The smallest absolute Gasteiger partial charge is 0.220 e. The minimum absolute atomic E-state index is 0. The van der Waals surface area contributed by atoms with Crippen LogP contribution in [-0.2, 0) is 14.6 Å². The summed E-state index contributed by atoms with van der Waals surface area (Å²) in [5.41, 5.74) is -0.137. The van der Waals surface area contributed by atoms with Crippen LogP contribution in [0.4, 0.5) is 0 Å². The van der Waals surface area contributed by atoms with E-state index < -0.39 is 9.84 Å². The van der Waals surface area contributed by atoms with Crippen molar-refractivity contribution in [1.82, 2.24) is 15.5 Å². The van der Waals surface area contributed by atoms with Crippen LogP contribution in [0.5, 0.6) is 0 Å². The lowest BCUT2D eigenvalue weighted by atomic mass is 9.79. The van der Waals surface area contributed by atoms with Gasteiger partial charge in [-0.25, -0.2) is 8.42 Å². The maximum atomic E-state index is 11.7. The van der Waals surface area contributed by atoms with Gasteiger partial charge in [0.2, 0.25) is 5.91 Å². The highest BCUT2D eigenvalue weighted by Crippen LogP contribution is 2.47. The Balaban J connectivity index is 0.00000243. The summed E-state index contributed by atoms with van der Waals surface area (Å²) in [6.07, 6.45) is 5.89. The van der Waals surface area contributed by atoms with Crippen molar-refractivity contribution in [2.24, 2.45) is 15.8 Å². The molecule has 2 saturated heterocycles. The van der Waals surface area contributed by atoms with Crippen LogP contribution < -0.4 is 10.6 Å². The van der Waals surface area contributed by atoms with E-state index in [-0.39, 0.29) is 46.5 Å². The number of halogens is 1. The molecular weight excluding hydrogens is 467 g/mol. The molecule has 0 bridgehead atoms. The van der Waals surface area contributed by atoms with E-state index in [2.05, 4.69) is 15.5 Å². The number of hydrogen-bond donors (Lipinski definition) is 2. The molecule has 0 radical (unpaired) electrons. The van der Waals surface area contributed by atoms with E-state index in [1.54, 1.807) is 0 Å². The number of carbonyl (C=O) groups is 1. The quantitative estimate of drug-likeness (QED) is 0.335. The Morgan fingerprint density at radius 2 is 2.08 bits per heavy atom. The molecule has 1 unspecified atom stereocenters. The van der Waals surface area contributed by atoms with Gasteiger partial charge in [0.1, 0.15) is 9.84 Å². The van der Waals surface area contributed by atoms with Crippen LogP contribution in [-0.4, -0.2) is 69.9 Å². The monoisotopic (exact) mass is 498 g/mol. The van der Waals surface area contributed by atoms with Crippen LogP contribution >= 0.6 is 24.0 Å². The molecule has 3 aliphatic rings. The topological polar surface area (TPSA) is 90.9 Å². The number of piperidine rings is 1. The Kier molecular flexibility index (Phi) is 6.85. The average Bonchev–Trinajstić information content (AvgIpc) is 3.18. The number of aliphatic imine (C=N–C) groups is 1. The standard InChI is InChI=1S/C17H30N4O3S.HI/c1-3-18-15(20-10-16(6-7-16)13-25(2,23)24)21-8-4-5-17(12-21)9-14(22)19-11-17;/h3-13H2,1-2H3,(H,18,20)(H,19,22);1H. The number of rotatable bonds is 5. The second-order valence-electron chi connectivity index (χ2n) is 8.22. The highest BCUT2D eigenvalue weighted by molar-refractivity contribution is 14.0. The Hall–Kier alpha value is -0.580. The lowest BCUT2D eigenvalue weighted by Gasteiger charge is -2.41. The minimum Gasteiger partial charge on any atom is -0.357 e. The van der Waals surface area contributed by atoms with E-state index in [0.29, 0.717) is 13.0 Å². The number of guanidine groups is 1. The van der Waals surface area contributed by atoms with Crippen LogP contribution in [0.2, 0.25) is 0 Å². The summed E-state index contributed by atoms with van der Waals surface area (Å²) in [6, 6.07) is 0. The van der Waals surface area contributed by atoms with Crippen molar-refractivity contribution in [3.8, 4) is 0 Å². The number of likely N-dealkylation sites (tertiary alicyclic amines) is 1. The number of carbonyl (C=O) groups excluding carboxylic acids is 1. The van der Waals surface area contributed by atoms with Crippen molar-refractivity contribution in [3.63, 3.8) is 0 Å². The van der Waals surface area contributed by atoms with Gasteiger partial charge in [-0.1, -0.05) is 0 Å². The van der Waals surface area contributed by atoms with Gasteiger partial charge in [0.25, 0.3) is 0 Å². The fourth-order valence-corrected chi connectivity index (χ4v) is 5.67. The molecule has 1 aliphatic carbocycles. The molecule has 1 saturated carbocycles. The largest absolute Gasteiger partial charge is 0.357 e. The normalized spacial score (nSPS) is 27.8. The fourth-order valence-electron chi connectivity index (χ4n) is 4.18. The summed E-state index contributed by atoms with van der Waals surface area (Å²) < 4.78 is 23.3. The lowest BCUT2D eigenvalue weighted by Crippen LogP contribution is -2.51. The van der Waals surface area contributed by atoms with Crippen molar-refractivity contribution in [2.45, 2.75) is 39.0 Å². The van der Waals surface area contributed by atoms with Crippen LogP contribution in [0.25, 0.3) is 0 Å². The number of nitrogens with zero attached hydrogens (tertiary/aromatic N) is 2. The van der Waals surface area contributed by atoms with Crippen LogP contribution in [0.1, 0.15) is 39.0 Å². The van der Waals surface area contributed by atoms with Gasteiger partial charge in [-0.2, -0.15) is 0 Å². The van der Waals surface area contributed by atoms with E-state index in [1.165, 1.54) is 6.26 Å². The zero-order valence-electron chi connectivity index (χ0n) is 15.7. The highest BCUT2D eigenvalue weighted by atomic mass is 127. The second kappa shape index (κ2) is 8.20. The average molecular weight is 498 g/mol. The van der Waals surface area contributed by atoms with Gasteiger partial charge >= 0.3 is 0 Å². The van der Waals surface area contributed by atoms with Crippen molar-refractivity contribution >= 4 is 45.7 Å². The SMILES string of the molecule is CCNC(=NCC1(CS(C)(=O)=O)CC1)N1CCCC2(CNC(=O)C2)C1.I. The van der Waals surface area contributed by atoms with Gasteiger partial charge in [0, 0.05) is 56.2 Å². The van der Waals surface area contributed by atoms with Crippen molar-refractivity contribution < 1.29 is 13.2 Å². The van der Waals surface area contributed by atoms with Crippen molar-refractivity contribution in [2.75, 3.05) is 44.7 Å². The van der Waals surface area contributed by atoms with Crippen LogP contribution in [0, 0.1) is 10.8 Å². The van der Waals surface area contributed by atoms with Gasteiger partial charge in [-0.3, -0.25) is 9.79 Å². The van der Waals surface area contributed by atoms with Gasteiger partial charge in [0.05, 0.1) is 5.75 Å². The maximum Gasteiger partial charge on any atom is 0.220 e. The third kappa shape index (κ3) is 5.46. The number of hydrogen-bond acceptors (Lipinski definition) is 4. The molecule has 3 fully saturated rings. The summed E-state index contributed by atoms with van der Waals surface area (Å²) in [5.74, 6) is 1.24. The van der Waals surface area contributed by atoms with Crippen molar-refractivity contribution in [1.29, 1.82) is 0 Å². The van der Waals surface area contributed by atoms with E-state index in [1.807, 2.05) is 6.92 Å². The Bertz CT molecular complexity index is 663. The zero-order valence-corrected chi connectivity index (χ0v) is 18.9. The molecule has 1 amide bonds. The van der Waals surface area contributed by atoms with Crippen LogP contribution in [0.15, 0.2) is 4.99 Å². The molecule has 7 nitrogen and oxygen atoms in total. The van der Waals surface area contributed by atoms with Gasteiger partial charge < -0.3 is 15.5 Å². The number of nitrogens with one attached hydrogen (secondary N) is 2. The van der Waals surface area contributed by atoms with Crippen LogP contribution in [0.3, 0.4) is 0 Å². The maximum absolute atomic E-state index is 11.7. The molecule has 2 N–H and O–H groups in total. The molecule has 26 heavy (non-hydrogen) atoms. The summed E-state index contributed by atoms with van der Waals surface area (Å²) in [4.78, 5) is 18.7. The van der Waals surface area contributed by atoms with E-state index >= 15 is 0 Å². The molecule has 150 valence electrons. The fraction of sp³-hybridized carbons (Fsp3) is 0.882. The molecule has 2 aliphatic heterocycles. The Morgan fingerprint density at radius 3 is 2.62 bits per heavy atom. The van der Waals surface area contributed by atoms with E-state index in [0.717, 1.165) is 57.8 Å². The molecule has 9 heteroatoms. The predicted molar refractivity (Wildman–Crippen MR) is 114 cm³/mol. The molecule has 1 atom stereocenters. The third-order valence-corrected chi connectivity index (χ3v) is 6.72. The van der Waals surface area contributed by atoms with Crippen molar-refractivity contribution in [3.05, 3.63) is 0 Å². The van der Waals surface area contributed by atoms with Gasteiger partial charge in [-0.05, 0) is 32.6 Å². The number of sulfone groups is 1.